The van der Waals surface area contributed by atoms with Crippen molar-refractivity contribution >= 4 is 82.2 Å². The van der Waals surface area contributed by atoms with Crippen LogP contribution in [-0.4, -0.2) is 4.57 Å². The van der Waals surface area contributed by atoms with Gasteiger partial charge in [0.15, 0.2) is 0 Å². The van der Waals surface area contributed by atoms with Crippen LogP contribution in [0.4, 0.5) is 17.1 Å². The highest BCUT2D eigenvalue weighted by molar-refractivity contribution is 6.25. The van der Waals surface area contributed by atoms with Crippen LogP contribution in [0.1, 0.15) is 0 Å². The van der Waals surface area contributed by atoms with Gasteiger partial charge in [0, 0.05) is 44.5 Å². The third kappa shape index (κ3) is 7.75. The third-order valence-corrected chi connectivity index (χ3v) is 15.6. The summed E-state index contributed by atoms with van der Waals surface area (Å²) in [4.78, 5) is 2.33. The highest BCUT2D eigenvalue weighted by atomic mass is 16.3. The van der Waals surface area contributed by atoms with Crippen LogP contribution >= 0.6 is 0 Å². The van der Waals surface area contributed by atoms with Crippen molar-refractivity contribution in [2.75, 3.05) is 4.90 Å². The van der Waals surface area contributed by atoms with E-state index in [-0.39, 0.29) is 0 Å². The molecule has 15 aromatic rings. The fourth-order valence-corrected chi connectivity index (χ4v) is 11.8. The van der Waals surface area contributed by atoms with Gasteiger partial charge in [-0.1, -0.05) is 194 Å². The van der Waals surface area contributed by atoms with E-state index in [1.165, 1.54) is 93.2 Å². The zero-order valence-electron chi connectivity index (χ0n) is 42.0. The maximum Gasteiger partial charge on any atom is 0.135 e. The Morgan fingerprint density at radius 3 is 1.17 bits per heavy atom. The molecule has 0 spiro atoms. The second-order valence-corrected chi connectivity index (χ2v) is 20.1. The van der Waals surface area contributed by atoms with Crippen LogP contribution in [0.15, 0.2) is 296 Å². The Bertz CT molecular complexity index is 4620. The lowest BCUT2D eigenvalue weighted by Crippen LogP contribution is -2.09. The van der Waals surface area contributed by atoms with Gasteiger partial charge in [0.05, 0.1) is 11.0 Å². The standard InChI is InChI=1S/C74H48N2O/c1-2-13-59(14-3-1)76-71-20-10-9-19-68(71)70-47-57(37-45-72(70)76)54-28-24-50(25-29-54)52-32-40-61(41-33-52)75(62-42-34-55(35-43-62)74-48-58-12-4-11-21-73(58)77-74)60-38-30-51(31-39-60)49-22-26-53(27-23-49)56-36-44-67-65-17-6-5-15-63(65)64-16-7-8-18-66(64)69(67)46-56/h1-48H. The molecule has 0 fully saturated rings. The Hall–Kier alpha value is -10.2. The molecule has 0 radical (unpaired) electrons. The van der Waals surface area contributed by atoms with Gasteiger partial charge in [-0.3, -0.25) is 0 Å². The van der Waals surface area contributed by atoms with Crippen LogP contribution in [-0.2, 0) is 0 Å². The molecular weight excluding hydrogens is 933 g/mol. The van der Waals surface area contributed by atoms with Gasteiger partial charge >= 0.3 is 0 Å². The minimum absolute atomic E-state index is 0.856. The van der Waals surface area contributed by atoms with Crippen molar-refractivity contribution in [2.45, 2.75) is 0 Å². The molecule has 360 valence electrons. The molecule has 3 nitrogen and oxygen atoms in total. The second-order valence-electron chi connectivity index (χ2n) is 20.1. The molecule has 0 bridgehead atoms. The zero-order chi connectivity index (χ0) is 50.8. The molecule has 2 aromatic heterocycles. The molecule has 0 aliphatic heterocycles. The molecule has 0 saturated carbocycles. The molecule has 3 heteroatoms. The molecule has 13 aromatic carbocycles. The first-order valence-corrected chi connectivity index (χ1v) is 26.4. The molecule has 0 amide bonds. The highest BCUT2D eigenvalue weighted by Gasteiger charge is 2.17. The summed E-state index contributed by atoms with van der Waals surface area (Å²) in [5.74, 6) is 0.856. The Balaban J connectivity index is 0.730. The van der Waals surface area contributed by atoms with E-state index < -0.39 is 0 Å². The summed E-state index contributed by atoms with van der Waals surface area (Å²) in [5.41, 5.74) is 18.1. The average molecular weight is 981 g/mol. The molecule has 0 aliphatic carbocycles. The minimum Gasteiger partial charge on any atom is -0.456 e. The van der Waals surface area contributed by atoms with E-state index in [0.29, 0.717) is 0 Å². The van der Waals surface area contributed by atoms with E-state index in [9.17, 15) is 0 Å². The number of benzene rings is 13. The SMILES string of the molecule is c1ccc(-n2c3ccccc3c3cc(-c4ccc(-c5ccc(N(c6ccc(-c7ccc(-c8ccc9c%10ccccc%10c%10ccccc%10c9c8)cc7)cc6)c6ccc(-c7cc8ccccc8o7)cc6)cc5)cc4)ccc32)cc1. The molecule has 77 heavy (non-hydrogen) atoms. The molecule has 0 saturated heterocycles. The predicted octanol–water partition coefficient (Wildman–Crippen LogP) is 20.8. The number of nitrogens with zero attached hydrogens (tertiary/aromatic N) is 2. The van der Waals surface area contributed by atoms with Gasteiger partial charge in [0.2, 0.25) is 0 Å². The van der Waals surface area contributed by atoms with E-state index in [1.807, 2.05) is 18.2 Å². The molecule has 2 heterocycles. The number of hydrogen-bond acceptors (Lipinski definition) is 2. The normalized spacial score (nSPS) is 11.6. The topological polar surface area (TPSA) is 21.3 Å². The number of rotatable bonds is 9. The van der Waals surface area contributed by atoms with Crippen molar-refractivity contribution in [2.24, 2.45) is 0 Å². The fourth-order valence-electron chi connectivity index (χ4n) is 11.8. The number of aromatic nitrogens is 1. The lowest BCUT2D eigenvalue weighted by atomic mass is 9.92. The number of anilines is 3. The Kier molecular flexibility index (Phi) is 10.5. The minimum atomic E-state index is 0.856. The molecule has 0 aliphatic rings. The van der Waals surface area contributed by atoms with E-state index >= 15 is 0 Å². The quantitative estimate of drug-likeness (QED) is 0.134. The van der Waals surface area contributed by atoms with Crippen molar-refractivity contribution in [3.63, 3.8) is 0 Å². The maximum atomic E-state index is 6.28. The van der Waals surface area contributed by atoms with Gasteiger partial charge in [0.25, 0.3) is 0 Å². The first-order chi connectivity index (χ1) is 38.1. The molecule has 15 rings (SSSR count). The molecular formula is C74H48N2O. The summed E-state index contributed by atoms with van der Waals surface area (Å²) in [6.45, 7) is 0. The predicted molar refractivity (Wildman–Crippen MR) is 325 cm³/mol. The van der Waals surface area contributed by atoms with E-state index in [1.54, 1.807) is 0 Å². The number of furan rings is 1. The average Bonchev–Trinajstić information content (AvgIpc) is 4.21. The third-order valence-electron chi connectivity index (χ3n) is 15.6. The van der Waals surface area contributed by atoms with Gasteiger partial charge in [-0.2, -0.15) is 0 Å². The van der Waals surface area contributed by atoms with Gasteiger partial charge in [-0.25, -0.2) is 0 Å². The Labute approximate surface area is 446 Å². The van der Waals surface area contributed by atoms with Crippen LogP contribution < -0.4 is 4.90 Å². The monoisotopic (exact) mass is 980 g/mol. The molecule has 0 unspecified atom stereocenters. The summed E-state index contributed by atoms with van der Waals surface area (Å²) in [6, 6.07) is 106. The summed E-state index contributed by atoms with van der Waals surface area (Å²) < 4.78 is 8.64. The summed E-state index contributed by atoms with van der Waals surface area (Å²) in [5, 5.41) is 11.3. The largest absolute Gasteiger partial charge is 0.456 e. The van der Waals surface area contributed by atoms with Crippen LogP contribution in [0.25, 0.3) is 127 Å². The maximum absolute atomic E-state index is 6.28. The van der Waals surface area contributed by atoms with Crippen molar-refractivity contribution in [3.8, 4) is 61.5 Å². The number of para-hydroxylation sites is 3. The van der Waals surface area contributed by atoms with E-state index in [2.05, 4.69) is 282 Å². The van der Waals surface area contributed by atoms with Crippen LogP contribution in [0.2, 0.25) is 0 Å². The first kappa shape index (κ1) is 44.3. The van der Waals surface area contributed by atoms with Crippen LogP contribution in [0, 0.1) is 0 Å². The van der Waals surface area contributed by atoms with Crippen molar-refractivity contribution in [1.82, 2.24) is 4.57 Å². The number of hydrogen-bond donors (Lipinski definition) is 0. The summed E-state index contributed by atoms with van der Waals surface area (Å²) in [7, 11) is 0. The lowest BCUT2D eigenvalue weighted by Gasteiger charge is -2.26. The number of fused-ring (bicyclic) bond motifs is 10. The first-order valence-electron chi connectivity index (χ1n) is 26.4. The smallest absolute Gasteiger partial charge is 0.135 e. The van der Waals surface area contributed by atoms with E-state index in [4.69, 9.17) is 4.42 Å². The van der Waals surface area contributed by atoms with E-state index in [0.717, 1.165) is 50.5 Å². The van der Waals surface area contributed by atoms with Gasteiger partial charge < -0.3 is 13.9 Å². The van der Waals surface area contributed by atoms with Crippen molar-refractivity contribution in [1.29, 1.82) is 0 Å². The van der Waals surface area contributed by atoms with Gasteiger partial charge in [-0.15, -0.1) is 0 Å². The van der Waals surface area contributed by atoms with Crippen LogP contribution in [0.5, 0.6) is 0 Å². The van der Waals surface area contributed by atoms with Gasteiger partial charge in [-0.05, 0) is 174 Å². The fraction of sp³-hybridized carbons (Fsp3) is 0. The van der Waals surface area contributed by atoms with Crippen molar-refractivity contribution < 1.29 is 4.42 Å². The Morgan fingerprint density at radius 1 is 0.247 bits per heavy atom. The highest BCUT2D eigenvalue weighted by Crippen LogP contribution is 2.41. The summed E-state index contributed by atoms with van der Waals surface area (Å²) in [6.07, 6.45) is 0. The van der Waals surface area contributed by atoms with Crippen molar-refractivity contribution in [3.05, 3.63) is 291 Å². The van der Waals surface area contributed by atoms with Crippen LogP contribution in [0.3, 0.4) is 0 Å². The summed E-state index contributed by atoms with van der Waals surface area (Å²) >= 11 is 0. The molecule has 0 N–H and O–H groups in total. The zero-order valence-corrected chi connectivity index (χ0v) is 42.0. The second kappa shape index (κ2) is 18.3. The van der Waals surface area contributed by atoms with Gasteiger partial charge in [0.1, 0.15) is 11.3 Å². The lowest BCUT2D eigenvalue weighted by molar-refractivity contribution is 0.631. The molecule has 0 atom stereocenters. The Morgan fingerprint density at radius 2 is 0.623 bits per heavy atom.